The second kappa shape index (κ2) is 10.9. The van der Waals surface area contributed by atoms with Crippen LogP contribution < -0.4 is 4.74 Å². The van der Waals surface area contributed by atoms with Crippen LogP contribution in [0.1, 0.15) is 59.1 Å². The molecular weight excluding hydrogens is 517 g/mol. The Labute approximate surface area is 214 Å². The van der Waals surface area contributed by atoms with Gasteiger partial charge in [-0.2, -0.15) is 13.2 Å². The van der Waals surface area contributed by atoms with Crippen LogP contribution in [0.4, 0.5) is 22.0 Å². The number of carbonyl (C=O) groups excluding carboxylic acids is 1. The van der Waals surface area contributed by atoms with Gasteiger partial charge in [0.15, 0.2) is 0 Å². The fraction of sp³-hybridized carbons (Fsp3) is 0.259. The van der Waals surface area contributed by atoms with E-state index >= 15 is 0 Å². The van der Waals surface area contributed by atoms with Crippen LogP contribution in [0.25, 0.3) is 11.1 Å². The fourth-order valence-corrected chi connectivity index (χ4v) is 4.31. The third-order valence-corrected chi connectivity index (χ3v) is 6.06. The van der Waals surface area contributed by atoms with Gasteiger partial charge in [-0.25, -0.2) is 18.6 Å². The zero-order valence-corrected chi connectivity index (χ0v) is 20.4. The molecule has 0 spiro atoms. The lowest BCUT2D eigenvalue weighted by atomic mass is 9.98. The van der Waals surface area contributed by atoms with E-state index in [4.69, 9.17) is 21.1 Å². The minimum atomic E-state index is -4.71. The molecular formula is C27H21ClF5NO3. The molecule has 4 nitrogen and oxygen atoms in total. The second-order valence-corrected chi connectivity index (χ2v) is 8.76. The number of hydrogen-bond donors (Lipinski definition) is 0. The zero-order chi connectivity index (χ0) is 26.7. The second-order valence-electron chi connectivity index (χ2n) is 8.32. The van der Waals surface area contributed by atoms with Gasteiger partial charge in [0.05, 0.1) is 17.9 Å². The molecule has 1 aromatic heterocycles. The summed E-state index contributed by atoms with van der Waals surface area (Å²) in [6.07, 6.45) is -3.19. The molecule has 0 bridgehead atoms. The number of hydrogen-bond acceptors (Lipinski definition) is 4. The minimum absolute atomic E-state index is 0.000817. The largest absolute Gasteiger partial charge is 0.488 e. The third-order valence-electron chi connectivity index (χ3n) is 5.83. The number of pyridine rings is 1. The minimum Gasteiger partial charge on any atom is -0.488 e. The maximum absolute atomic E-state index is 14.1. The topological polar surface area (TPSA) is 48.4 Å². The molecule has 0 saturated heterocycles. The van der Waals surface area contributed by atoms with Crippen LogP contribution in [0.15, 0.2) is 48.5 Å². The van der Waals surface area contributed by atoms with E-state index in [1.165, 1.54) is 6.07 Å². The van der Waals surface area contributed by atoms with Crippen molar-refractivity contribution in [1.29, 1.82) is 0 Å². The van der Waals surface area contributed by atoms with Gasteiger partial charge in [0.1, 0.15) is 29.7 Å². The van der Waals surface area contributed by atoms with Crippen molar-refractivity contribution in [3.05, 3.63) is 93.3 Å². The summed E-state index contributed by atoms with van der Waals surface area (Å²) in [5, 5.41) is 0.360. The van der Waals surface area contributed by atoms with Gasteiger partial charge in [-0.05, 0) is 79.8 Å². The Balaban J connectivity index is 1.78. The van der Waals surface area contributed by atoms with E-state index in [-0.39, 0.29) is 24.5 Å². The number of alkyl halides is 3. The standard InChI is InChI=1S/C27H21ClF5NO3/c1-2-36-26(35)24-11-16(27(31,32)33)10-23(34-24)20-5-3-4-19(20)21-12-17(28)7-9-25(21)37-14-15-6-8-18(29)13-22(15)30/h6-13H,2-5,14H2,1H3. The lowest BCUT2D eigenvalue weighted by Crippen LogP contribution is -2.13. The highest BCUT2D eigenvalue weighted by molar-refractivity contribution is 6.30. The quantitative estimate of drug-likeness (QED) is 0.227. The lowest BCUT2D eigenvalue weighted by Gasteiger charge is -2.16. The Morgan fingerprint density at radius 2 is 1.78 bits per heavy atom. The Hall–Kier alpha value is -3.46. The van der Waals surface area contributed by atoms with E-state index in [1.807, 2.05) is 0 Å². The molecule has 0 radical (unpaired) electrons. The fourth-order valence-electron chi connectivity index (χ4n) is 4.14. The van der Waals surface area contributed by atoms with Gasteiger partial charge in [-0.3, -0.25) is 0 Å². The first-order valence-electron chi connectivity index (χ1n) is 11.4. The van der Waals surface area contributed by atoms with Crippen molar-refractivity contribution in [2.45, 2.75) is 39.0 Å². The molecule has 0 aliphatic heterocycles. The summed E-state index contributed by atoms with van der Waals surface area (Å²) in [5.41, 5.74) is 0.339. The van der Waals surface area contributed by atoms with Gasteiger partial charge in [0.25, 0.3) is 0 Å². The highest BCUT2D eigenvalue weighted by atomic mass is 35.5. The number of ether oxygens (including phenoxy) is 2. The Bertz CT molecular complexity index is 1370. The molecule has 1 aliphatic carbocycles. The summed E-state index contributed by atoms with van der Waals surface area (Å²) < 4.78 is 79.0. The lowest BCUT2D eigenvalue weighted by molar-refractivity contribution is -0.137. The molecule has 3 aromatic rings. The third kappa shape index (κ3) is 6.10. The van der Waals surface area contributed by atoms with Crippen LogP contribution in [0.5, 0.6) is 5.75 Å². The first-order valence-corrected chi connectivity index (χ1v) is 11.8. The average Bonchev–Trinajstić information content (AvgIpc) is 3.33. The number of nitrogens with zero attached hydrogens (tertiary/aromatic N) is 1. The molecule has 10 heteroatoms. The molecule has 4 rings (SSSR count). The van der Waals surface area contributed by atoms with Crippen molar-refractivity contribution < 1.29 is 36.2 Å². The van der Waals surface area contributed by atoms with Crippen molar-refractivity contribution in [3.63, 3.8) is 0 Å². The zero-order valence-electron chi connectivity index (χ0n) is 19.6. The summed E-state index contributed by atoms with van der Waals surface area (Å²) in [5.74, 6) is -2.12. The van der Waals surface area contributed by atoms with E-state index < -0.39 is 35.0 Å². The molecule has 1 aliphatic rings. The predicted octanol–water partition coefficient (Wildman–Crippen LogP) is 7.88. The number of aromatic nitrogens is 1. The molecule has 0 amide bonds. The smallest absolute Gasteiger partial charge is 0.416 e. The van der Waals surface area contributed by atoms with Crippen LogP contribution in [0.2, 0.25) is 5.02 Å². The molecule has 0 fully saturated rings. The summed E-state index contributed by atoms with van der Waals surface area (Å²) in [4.78, 5) is 16.4. The van der Waals surface area contributed by atoms with Crippen LogP contribution in [0, 0.1) is 11.6 Å². The maximum Gasteiger partial charge on any atom is 0.416 e. The predicted molar refractivity (Wildman–Crippen MR) is 128 cm³/mol. The summed E-state index contributed by atoms with van der Waals surface area (Å²) in [6.45, 7) is 1.32. The van der Waals surface area contributed by atoms with Crippen LogP contribution in [-0.4, -0.2) is 17.6 Å². The first kappa shape index (κ1) is 26.6. The molecule has 0 atom stereocenters. The van der Waals surface area contributed by atoms with Gasteiger partial charge in [0.2, 0.25) is 0 Å². The van der Waals surface area contributed by atoms with Crippen molar-refractivity contribution in [2.75, 3.05) is 6.61 Å². The number of allylic oxidation sites excluding steroid dienone is 2. The van der Waals surface area contributed by atoms with E-state index in [9.17, 15) is 26.7 Å². The van der Waals surface area contributed by atoms with Crippen molar-refractivity contribution >= 4 is 28.7 Å². The molecule has 0 unspecified atom stereocenters. The Morgan fingerprint density at radius 3 is 2.49 bits per heavy atom. The summed E-state index contributed by atoms with van der Waals surface area (Å²) >= 11 is 6.23. The van der Waals surface area contributed by atoms with Gasteiger partial charge < -0.3 is 9.47 Å². The number of benzene rings is 2. The molecule has 0 saturated carbocycles. The normalized spacial score (nSPS) is 13.7. The van der Waals surface area contributed by atoms with E-state index in [1.54, 1.807) is 25.1 Å². The monoisotopic (exact) mass is 537 g/mol. The van der Waals surface area contributed by atoms with Crippen molar-refractivity contribution in [1.82, 2.24) is 4.98 Å². The maximum atomic E-state index is 14.1. The SMILES string of the molecule is CCOC(=O)c1cc(C(F)(F)F)cc(C2=C(c3cc(Cl)ccc3OCc3ccc(F)cc3F)CCC2)n1. The Kier molecular flexibility index (Phi) is 7.82. The number of halogens is 6. The molecule has 1 heterocycles. The molecule has 37 heavy (non-hydrogen) atoms. The highest BCUT2D eigenvalue weighted by Crippen LogP contribution is 2.44. The van der Waals surface area contributed by atoms with Gasteiger partial charge >= 0.3 is 12.1 Å². The van der Waals surface area contributed by atoms with Gasteiger partial charge in [-0.1, -0.05) is 11.6 Å². The van der Waals surface area contributed by atoms with Gasteiger partial charge in [-0.15, -0.1) is 0 Å². The van der Waals surface area contributed by atoms with E-state index in [0.717, 1.165) is 18.2 Å². The molecule has 194 valence electrons. The van der Waals surface area contributed by atoms with E-state index in [2.05, 4.69) is 4.98 Å². The first-order chi connectivity index (χ1) is 17.6. The van der Waals surface area contributed by atoms with Gasteiger partial charge in [0, 0.05) is 22.2 Å². The number of esters is 1. The number of rotatable bonds is 7. The molecule has 2 aromatic carbocycles. The summed E-state index contributed by atoms with van der Waals surface area (Å²) in [6, 6.07) is 9.46. The average molecular weight is 538 g/mol. The summed E-state index contributed by atoms with van der Waals surface area (Å²) in [7, 11) is 0. The number of carbonyl (C=O) groups is 1. The Morgan fingerprint density at radius 1 is 1.03 bits per heavy atom. The van der Waals surface area contributed by atoms with Crippen LogP contribution in [-0.2, 0) is 17.5 Å². The van der Waals surface area contributed by atoms with Crippen LogP contribution >= 0.6 is 11.6 Å². The van der Waals surface area contributed by atoms with Crippen LogP contribution in [0.3, 0.4) is 0 Å². The highest BCUT2D eigenvalue weighted by Gasteiger charge is 2.34. The van der Waals surface area contributed by atoms with E-state index in [0.29, 0.717) is 52.8 Å². The molecule has 0 N–H and O–H groups in total. The van der Waals surface area contributed by atoms with Crippen molar-refractivity contribution in [2.24, 2.45) is 0 Å². The van der Waals surface area contributed by atoms with Crippen molar-refractivity contribution in [3.8, 4) is 5.75 Å².